The topological polar surface area (TPSA) is 45.8 Å². The summed E-state index contributed by atoms with van der Waals surface area (Å²) in [6, 6.07) is 3.79. The lowest BCUT2D eigenvalue weighted by molar-refractivity contribution is 1.41. The van der Waals surface area contributed by atoms with Crippen molar-refractivity contribution in [3.8, 4) is 10.6 Å². The number of aromatic amines is 1. The molecule has 0 bridgehead atoms. The fourth-order valence-electron chi connectivity index (χ4n) is 0.770. The number of hydrogen-bond donors (Lipinski definition) is 1. The Bertz CT molecular complexity index is 387. The van der Waals surface area contributed by atoms with E-state index in [2.05, 4.69) is 8.75 Å². The number of aromatic nitrogens is 2. The second kappa shape index (κ2) is 2.60. The SMILES string of the molecule is O=c1[nH]snc1-c1cccs1. The van der Waals surface area contributed by atoms with Crippen molar-refractivity contribution in [1.82, 2.24) is 8.75 Å². The molecule has 1 N–H and O–H groups in total. The van der Waals surface area contributed by atoms with Crippen molar-refractivity contribution in [2.24, 2.45) is 0 Å². The minimum atomic E-state index is -0.0996. The van der Waals surface area contributed by atoms with Gasteiger partial charge >= 0.3 is 0 Å². The summed E-state index contributed by atoms with van der Waals surface area (Å²) in [5.74, 6) is 0. The fraction of sp³-hybridized carbons (Fsp3) is 0. The van der Waals surface area contributed by atoms with E-state index in [-0.39, 0.29) is 5.56 Å². The summed E-state index contributed by atoms with van der Waals surface area (Å²) < 4.78 is 6.48. The number of nitrogens with zero attached hydrogens (tertiary/aromatic N) is 1. The normalized spacial score (nSPS) is 10.2. The molecule has 11 heavy (non-hydrogen) atoms. The first-order valence-electron chi connectivity index (χ1n) is 2.96. The van der Waals surface area contributed by atoms with Gasteiger partial charge in [0.2, 0.25) is 0 Å². The molecular weight excluding hydrogens is 180 g/mol. The molecule has 0 aliphatic heterocycles. The molecule has 0 saturated carbocycles. The van der Waals surface area contributed by atoms with Crippen LogP contribution >= 0.6 is 23.1 Å². The first-order chi connectivity index (χ1) is 5.38. The average molecular weight is 184 g/mol. The summed E-state index contributed by atoms with van der Waals surface area (Å²) in [7, 11) is 0. The van der Waals surface area contributed by atoms with Crippen LogP contribution in [0.5, 0.6) is 0 Å². The third-order valence-electron chi connectivity index (χ3n) is 1.24. The van der Waals surface area contributed by atoms with Crippen molar-refractivity contribution in [3.63, 3.8) is 0 Å². The highest BCUT2D eigenvalue weighted by Crippen LogP contribution is 2.19. The van der Waals surface area contributed by atoms with E-state index in [9.17, 15) is 4.79 Å². The summed E-state index contributed by atoms with van der Waals surface area (Å²) >= 11 is 2.60. The summed E-state index contributed by atoms with van der Waals surface area (Å²) in [5, 5.41) is 1.92. The number of nitrogens with one attached hydrogen (secondary N) is 1. The van der Waals surface area contributed by atoms with Crippen molar-refractivity contribution in [2.75, 3.05) is 0 Å². The van der Waals surface area contributed by atoms with Crippen LogP contribution in [0, 0.1) is 0 Å². The van der Waals surface area contributed by atoms with E-state index in [1.54, 1.807) is 0 Å². The van der Waals surface area contributed by atoms with Crippen LogP contribution in [0.15, 0.2) is 22.3 Å². The molecule has 0 fully saturated rings. The van der Waals surface area contributed by atoms with Gasteiger partial charge in [0.05, 0.1) is 4.88 Å². The number of hydrogen-bond acceptors (Lipinski definition) is 4. The highest BCUT2D eigenvalue weighted by atomic mass is 32.1. The van der Waals surface area contributed by atoms with Gasteiger partial charge < -0.3 is 0 Å². The molecule has 2 rings (SSSR count). The Labute approximate surface area is 70.7 Å². The molecule has 0 unspecified atom stereocenters. The third-order valence-corrected chi connectivity index (χ3v) is 2.67. The molecule has 2 heterocycles. The Hall–Kier alpha value is -0.940. The number of rotatable bonds is 1. The standard InChI is InChI=1S/C6H4N2OS2/c9-6-5(7-11-8-6)4-2-1-3-10-4/h1-3H,(H,8,9). The van der Waals surface area contributed by atoms with Crippen molar-refractivity contribution in [2.45, 2.75) is 0 Å². The van der Waals surface area contributed by atoms with Gasteiger partial charge in [-0.2, -0.15) is 4.37 Å². The zero-order chi connectivity index (χ0) is 7.68. The lowest BCUT2D eigenvalue weighted by Crippen LogP contribution is -1.99. The van der Waals surface area contributed by atoms with E-state index in [1.807, 2.05) is 17.5 Å². The Kier molecular flexibility index (Phi) is 1.59. The minimum Gasteiger partial charge on any atom is -0.266 e. The van der Waals surface area contributed by atoms with Crippen molar-refractivity contribution in [3.05, 3.63) is 27.9 Å². The highest BCUT2D eigenvalue weighted by Gasteiger charge is 2.05. The van der Waals surface area contributed by atoms with Crippen LogP contribution < -0.4 is 5.56 Å². The zero-order valence-corrected chi connectivity index (χ0v) is 7.04. The van der Waals surface area contributed by atoms with Gasteiger partial charge in [-0.05, 0) is 11.4 Å². The van der Waals surface area contributed by atoms with Gasteiger partial charge in [0.25, 0.3) is 5.56 Å². The summed E-state index contributed by atoms with van der Waals surface area (Å²) in [4.78, 5) is 11.9. The summed E-state index contributed by atoms with van der Waals surface area (Å²) in [5.41, 5.74) is 0.433. The average Bonchev–Trinajstić information content (AvgIpc) is 2.55. The van der Waals surface area contributed by atoms with Gasteiger partial charge in [-0.1, -0.05) is 6.07 Å². The molecule has 0 aliphatic rings. The monoisotopic (exact) mass is 184 g/mol. The molecule has 0 amide bonds. The fourth-order valence-corrected chi connectivity index (χ4v) is 2.04. The molecule has 5 heteroatoms. The van der Waals surface area contributed by atoms with Gasteiger partial charge in [0.15, 0.2) is 5.69 Å². The van der Waals surface area contributed by atoms with Crippen LogP contribution in [-0.2, 0) is 0 Å². The second-order valence-corrected chi connectivity index (χ2v) is 3.46. The Morgan fingerprint density at radius 1 is 1.55 bits per heavy atom. The molecular formula is C6H4N2OS2. The predicted octanol–water partition coefficient (Wildman–Crippen LogP) is 1.56. The molecule has 0 atom stereocenters. The Balaban J connectivity index is 2.62. The lowest BCUT2D eigenvalue weighted by Gasteiger charge is -1.81. The van der Waals surface area contributed by atoms with Gasteiger partial charge in [-0.15, -0.1) is 11.3 Å². The van der Waals surface area contributed by atoms with Gasteiger partial charge in [0.1, 0.15) is 0 Å². The summed E-state index contributed by atoms with van der Waals surface area (Å²) in [6.07, 6.45) is 0. The number of thiophene rings is 1. The van der Waals surface area contributed by atoms with Crippen LogP contribution in [0.25, 0.3) is 10.6 Å². The van der Waals surface area contributed by atoms with Crippen LogP contribution in [0.4, 0.5) is 0 Å². The van der Waals surface area contributed by atoms with E-state index in [4.69, 9.17) is 0 Å². The summed E-state index contributed by atoms with van der Waals surface area (Å²) in [6.45, 7) is 0. The maximum atomic E-state index is 11.0. The molecule has 0 radical (unpaired) electrons. The van der Waals surface area contributed by atoms with E-state index >= 15 is 0 Å². The third kappa shape index (κ3) is 1.12. The molecule has 3 nitrogen and oxygen atoms in total. The van der Waals surface area contributed by atoms with Gasteiger partial charge in [-0.3, -0.25) is 9.17 Å². The van der Waals surface area contributed by atoms with E-state index in [1.165, 1.54) is 11.3 Å². The molecule has 0 saturated heterocycles. The first kappa shape index (κ1) is 6.75. The van der Waals surface area contributed by atoms with Crippen LogP contribution in [0.2, 0.25) is 0 Å². The molecule has 0 aromatic carbocycles. The Morgan fingerprint density at radius 3 is 3.00 bits per heavy atom. The maximum Gasteiger partial charge on any atom is 0.286 e. The second-order valence-electron chi connectivity index (χ2n) is 1.94. The molecule has 0 aliphatic carbocycles. The van der Waals surface area contributed by atoms with Crippen LogP contribution in [-0.4, -0.2) is 8.75 Å². The molecule has 56 valence electrons. The largest absolute Gasteiger partial charge is 0.286 e. The van der Waals surface area contributed by atoms with Crippen molar-refractivity contribution >= 4 is 23.1 Å². The predicted molar refractivity (Wildman–Crippen MR) is 46.0 cm³/mol. The minimum absolute atomic E-state index is 0.0996. The maximum absolute atomic E-state index is 11.0. The molecule has 2 aromatic heterocycles. The molecule has 0 spiro atoms. The smallest absolute Gasteiger partial charge is 0.266 e. The first-order valence-corrected chi connectivity index (χ1v) is 4.61. The van der Waals surface area contributed by atoms with Gasteiger partial charge in [-0.25, -0.2) is 0 Å². The van der Waals surface area contributed by atoms with E-state index in [0.717, 1.165) is 16.6 Å². The molecule has 2 aromatic rings. The Morgan fingerprint density at radius 2 is 2.45 bits per heavy atom. The zero-order valence-electron chi connectivity index (χ0n) is 5.40. The van der Waals surface area contributed by atoms with Crippen LogP contribution in [0.1, 0.15) is 0 Å². The van der Waals surface area contributed by atoms with Crippen molar-refractivity contribution < 1.29 is 0 Å². The quantitative estimate of drug-likeness (QED) is 0.731. The lowest BCUT2D eigenvalue weighted by atomic mass is 10.4. The highest BCUT2D eigenvalue weighted by molar-refractivity contribution is 7.13. The van der Waals surface area contributed by atoms with Crippen molar-refractivity contribution in [1.29, 1.82) is 0 Å². The van der Waals surface area contributed by atoms with Crippen LogP contribution in [0.3, 0.4) is 0 Å². The van der Waals surface area contributed by atoms with E-state index < -0.39 is 0 Å². The van der Waals surface area contributed by atoms with E-state index in [0.29, 0.717) is 5.69 Å². The number of H-pyrrole nitrogens is 1. The van der Waals surface area contributed by atoms with Gasteiger partial charge in [0, 0.05) is 11.7 Å².